The van der Waals surface area contributed by atoms with Gasteiger partial charge in [-0.15, -0.1) is 0 Å². The molecule has 0 bridgehead atoms. The number of hydrogen-bond donors (Lipinski definition) is 2. The number of rotatable bonds is 7. The maximum Gasteiger partial charge on any atom is 0.419 e. The Kier molecular flexibility index (Phi) is 6.48. The SMILES string of the molecule is CNCCC(=O)NC(C)COc1ccccc1C(F)(F)F. The number of amides is 1. The third kappa shape index (κ3) is 6.03. The lowest BCUT2D eigenvalue weighted by Crippen LogP contribution is -2.37. The van der Waals surface area contributed by atoms with Gasteiger partial charge in [0.2, 0.25) is 5.91 Å². The fraction of sp³-hybridized carbons (Fsp3) is 0.500. The molecule has 1 aromatic carbocycles. The van der Waals surface area contributed by atoms with Crippen molar-refractivity contribution < 1.29 is 22.7 Å². The van der Waals surface area contributed by atoms with Crippen LogP contribution >= 0.6 is 0 Å². The highest BCUT2D eigenvalue weighted by atomic mass is 19.4. The molecule has 0 aliphatic carbocycles. The van der Waals surface area contributed by atoms with Crippen LogP contribution in [-0.2, 0) is 11.0 Å². The summed E-state index contributed by atoms with van der Waals surface area (Å²) in [4.78, 5) is 11.5. The van der Waals surface area contributed by atoms with Crippen molar-refractivity contribution in [2.45, 2.75) is 25.6 Å². The third-order valence-corrected chi connectivity index (χ3v) is 2.69. The summed E-state index contributed by atoms with van der Waals surface area (Å²) in [5.41, 5.74) is -0.821. The predicted octanol–water partition coefficient (Wildman–Crippen LogP) is 2.20. The molecule has 0 radical (unpaired) electrons. The highest BCUT2D eigenvalue weighted by Crippen LogP contribution is 2.35. The van der Waals surface area contributed by atoms with E-state index in [1.54, 1.807) is 14.0 Å². The van der Waals surface area contributed by atoms with Crippen LogP contribution in [0.1, 0.15) is 18.9 Å². The first-order valence-electron chi connectivity index (χ1n) is 6.57. The van der Waals surface area contributed by atoms with E-state index in [0.29, 0.717) is 13.0 Å². The summed E-state index contributed by atoms with van der Waals surface area (Å²) in [7, 11) is 1.73. The second-order valence-corrected chi connectivity index (χ2v) is 4.63. The monoisotopic (exact) mass is 304 g/mol. The molecular weight excluding hydrogens is 285 g/mol. The van der Waals surface area contributed by atoms with Crippen LogP contribution in [-0.4, -0.2) is 32.1 Å². The number of carbonyl (C=O) groups is 1. The molecule has 118 valence electrons. The molecule has 0 saturated carbocycles. The van der Waals surface area contributed by atoms with E-state index in [0.717, 1.165) is 6.07 Å². The number of hydrogen-bond acceptors (Lipinski definition) is 3. The van der Waals surface area contributed by atoms with E-state index in [-0.39, 0.29) is 24.3 Å². The number of carbonyl (C=O) groups excluding carboxylic acids is 1. The summed E-state index contributed by atoms with van der Waals surface area (Å²) < 4.78 is 43.5. The lowest BCUT2D eigenvalue weighted by Gasteiger charge is -2.17. The molecule has 0 aliphatic rings. The molecule has 21 heavy (non-hydrogen) atoms. The van der Waals surface area contributed by atoms with Gasteiger partial charge in [0, 0.05) is 13.0 Å². The van der Waals surface area contributed by atoms with Crippen molar-refractivity contribution in [2.75, 3.05) is 20.2 Å². The van der Waals surface area contributed by atoms with Gasteiger partial charge in [-0.1, -0.05) is 12.1 Å². The van der Waals surface area contributed by atoms with Gasteiger partial charge >= 0.3 is 6.18 Å². The van der Waals surface area contributed by atoms with Crippen molar-refractivity contribution in [3.63, 3.8) is 0 Å². The topological polar surface area (TPSA) is 50.4 Å². The van der Waals surface area contributed by atoms with Crippen molar-refractivity contribution >= 4 is 5.91 Å². The number of nitrogens with one attached hydrogen (secondary N) is 2. The van der Waals surface area contributed by atoms with Crippen LogP contribution in [0.15, 0.2) is 24.3 Å². The largest absolute Gasteiger partial charge is 0.491 e. The van der Waals surface area contributed by atoms with Crippen LogP contribution in [0, 0.1) is 0 Å². The van der Waals surface area contributed by atoms with Gasteiger partial charge in [0.1, 0.15) is 12.4 Å². The van der Waals surface area contributed by atoms with Crippen LogP contribution in [0.2, 0.25) is 0 Å². The Morgan fingerprint density at radius 3 is 2.62 bits per heavy atom. The summed E-state index contributed by atoms with van der Waals surface area (Å²) >= 11 is 0. The number of benzene rings is 1. The van der Waals surface area contributed by atoms with E-state index >= 15 is 0 Å². The van der Waals surface area contributed by atoms with Crippen molar-refractivity contribution in [3.05, 3.63) is 29.8 Å². The van der Waals surface area contributed by atoms with Gasteiger partial charge in [-0.05, 0) is 26.1 Å². The summed E-state index contributed by atoms with van der Waals surface area (Å²) in [5.74, 6) is -0.411. The number of halogens is 3. The molecule has 0 heterocycles. The summed E-state index contributed by atoms with van der Waals surface area (Å²) in [6.07, 6.45) is -4.16. The predicted molar refractivity (Wildman–Crippen MR) is 73.1 cm³/mol. The first-order chi connectivity index (χ1) is 9.84. The van der Waals surface area contributed by atoms with Crippen LogP contribution in [0.5, 0.6) is 5.75 Å². The molecule has 4 nitrogen and oxygen atoms in total. The highest BCUT2D eigenvalue weighted by Gasteiger charge is 2.34. The molecule has 0 aliphatic heterocycles. The fourth-order valence-corrected chi connectivity index (χ4v) is 1.67. The average Bonchev–Trinajstić information content (AvgIpc) is 2.42. The molecule has 1 atom stereocenters. The molecule has 1 unspecified atom stereocenters. The molecule has 2 N–H and O–H groups in total. The van der Waals surface area contributed by atoms with Crippen LogP contribution in [0.4, 0.5) is 13.2 Å². The maximum absolute atomic E-state index is 12.8. The molecular formula is C14H19F3N2O2. The van der Waals surface area contributed by atoms with Gasteiger partial charge in [-0.3, -0.25) is 4.79 Å². The van der Waals surface area contributed by atoms with Crippen LogP contribution < -0.4 is 15.4 Å². The lowest BCUT2D eigenvalue weighted by molar-refractivity contribution is -0.139. The minimum Gasteiger partial charge on any atom is -0.491 e. The second-order valence-electron chi connectivity index (χ2n) is 4.63. The second kappa shape index (κ2) is 7.87. The van der Waals surface area contributed by atoms with E-state index in [4.69, 9.17) is 4.74 Å². The minimum absolute atomic E-state index is 0.0294. The summed E-state index contributed by atoms with van der Waals surface area (Å²) in [6, 6.07) is 4.62. The van der Waals surface area contributed by atoms with Gasteiger partial charge in [0.15, 0.2) is 0 Å². The Hall–Kier alpha value is -1.76. The molecule has 7 heteroatoms. The normalized spacial score (nSPS) is 12.8. The average molecular weight is 304 g/mol. The molecule has 1 aromatic rings. The number of ether oxygens (including phenoxy) is 1. The Labute approximate surface area is 121 Å². The van der Waals surface area contributed by atoms with E-state index in [1.807, 2.05) is 0 Å². The Bertz CT molecular complexity index is 464. The fourth-order valence-electron chi connectivity index (χ4n) is 1.67. The van der Waals surface area contributed by atoms with E-state index in [9.17, 15) is 18.0 Å². The Balaban J connectivity index is 2.54. The van der Waals surface area contributed by atoms with Crippen molar-refractivity contribution in [2.24, 2.45) is 0 Å². The summed E-state index contributed by atoms with van der Waals surface area (Å²) in [5, 5.41) is 5.49. The van der Waals surface area contributed by atoms with Crippen LogP contribution in [0.25, 0.3) is 0 Å². The minimum atomic E-state index is -4.46. The van der Waals surface area contributed by atoms with E-state index in [1.165, 1.54) is 18.2 Å². The van der Waals surface area contributed by atoms with Crippen molar-refractivity contribution in [1.82, 2.24) is 10.6 Å². The zero-order chi connectivity index (χ0) is 15.9. The van der Waals surface area contributed by atoms with Crippen molar-refractivity contribution in [1.29, 1.82) is 0 Å². The zero-order valence-corrected chi connectivity index (χ0v) is 12.0. The van der Waals surface area contributed by atoms with E-state index in [2.05, 4.69) is 10.6 Å². The number of para-hydroxylation sites is 1. The van der Waals surface area contributed by atoms with Gasteiger partial charge in [0.25, 0.3) is 0 Å². The van der Waals surface area contributed by atoms with Gasteiger partial charge in [0.05, 0.1) is 11.6 Å². The summed E-state index contributed by atoms with van der Waals surface area (Å²) in [6.45, 7) is 2.18. The molecule has 1 rings (SSSR count). The third-order valence-electron chi connectivity index (χ3n) is 2.69. The quantitative estimate of drug-likeness (QED) is 0.812. The standard InChI is InChI=1S/C14H19F3N2O2/c1-10(19-13(20)7-8-18-2)9-21-12-6-4-3-5-11(12)14(15,16)17/h3-6,10,18H,7-9H2,1-2H3,(H,19,20). The first-order valence-corrected chi connectivity index (χ1v) is 6.57. The Morgan fingerprint density at radius 1 is 1.33 bits per heavy atom. The maximum atomic E-state index is 12.8. The lowest BCUT2D eigenvalue weighted by atomic mass is 10.2. The van der Waals surface area contributed by atoms with Crippen LogP contribution in [0.3, 0.4) is 0 Å². The Morgan fingerprint density at radius 2 is 2.00 bits per heavy atom. The molecule has 0 aromatic heterocycles. The molecule has 0 spiro atoms. The van der Waals surface area contributed by atoms with Gasteiger partial charge in [-0.25, -0.2) is 0 Å². The first kappa shape index (κ1) is 17.3. The van der Waals surface area contributed by atoms with Gasteiger partial charge in [-0.2, -0.15) is 13.2 Å². The smallest absolute Gasteiger partial charge is 0.419 e. The molecule has 0 saturated heterocycles. The van der Waals surface area contributed by atoms with E-state index < -0.39 is 11.7 Å². The van der Waals surface area contributed by atoms with Gasteiger partial charge < -0.3 is 15.4 Å². The molecule has 0 fully saturated rings. The zero-order valence-electron chi connectivity index (χ0n) is 12.0. The van der Waals surface area contributed by atoms with Crippen molar-refractivity contribution in [3.8, 4) is 5.75 Å². The highest BCUT2D eigenvalue weighted by molar-refractivity contribution is 5.76. The molecule has 1 amide bonds. The number of alkyl halides is 3.